The fourth-order valence-corrected chi connectivity index (χ4v) is 3.05. The molecular formula is C19H22N2O3. The Bertz CT molecular complexity index is 709. The van der Waals surface area contributed by atoms with Crippen LogP contribution in [0, 0.1) is 0 Å². The number of hydrogen-bond acceptors (Lipinski definition) is 4. The Morgan fingerprint density at radius 1 is 1.04 bits per heavy atom. The summed E-state index contributed by atoms with van der Waals surface area (Å²) in [5.41, 5.74) is 1.74. The van der Waals surface area contributed by atoms with Gasteiger partial charge >= 0.3 is 0 Å². The molecule has 1 aliphatic rings. The number of rotatable bonds is 4. The summed E-state index contributed by atoms with van der Waals surface area (Å²) in [5.74, 6) is 1.14. The smallest absolute Gasteiger partial charge is 0.227 e. The summed E-state index contributed by atoms with van der Waals surface area (Å²) in [5, 5.41) is 9.95. The number of methoxy groups -OCH3 is 1. The first kappa shape index (κ1) is 16.2. The number of nitrogens with zero attached hydrogens (tertiary/aromatic N) is 2. The number of aromatic hydroxyl groups is 1. The van der Waals surface area contributed by atoms with E-state index in [0.29, 0.717) is 19.5 Å². The molecule has 1 aliphatic heterocycles. The maximum Gasteiger partial charge on any atom is 0.227 e. The molecule has 1 heterocycles. The first-order valence-corrected chi connectivity index (χ1v) is 8.11. The molecule has 126 valence electrons. The van der Waals surface area contributed by atoms with Crippen LogP contribution in [-0.4, -0.2) is 49.2 Å². The third-order valence-corrected chi connectivity index (χ3v) is 4.39. The molecule has 0 bridgehead atoms. The lowest BCUT2D eigenvalue weighted by Crippen LogP contribution is -2.49. The standard InChI is InChI=1S/C19H22N2O3/c1-24-18-9-5-2-6-15(18)14-19(23)21-12-10-20(11-13-21)16-7-3-4-8-17(16)22/h2-9,22H,10-14H2,1H3. The maximum atomic E-state index is 12.5. The Hall–Kier alpha value is -2.69. The van der Waals surface area contributed by atoms with Gasteiger partial charge in [-0.05, 0) is 18.2 Å². The molecule has 0 atom stereocenters. The quantitative estimate of drug-likeness (QED) is 0.937. The number of phenols is 1. The number of carbonyl (C=O) groups excluding carboxylic acids is 1. The van der Waals surface area contributed by atoms with Gasteiger partial charge in [0.25, 0.3) is 0 Å². The molecule has 24 heavy (non-hydrogen) atoms. The van der Waals surface area contributed by atoms with E-state index < -0.39 is 0 Å². The van der Waals surface area contributed by atoms with Crippen molar-refractivity contribution in [3.8, 4) is 11.5 Å². The van der Waals surface area contributed by atoms with Gasteiger partial charge in [0, 0.05) is 31.7 Å². The number of hydrogen-bond donors (Lipinski definition) is 1. The molecule has 3 rings (SSSR count). The summed E-state index contributed by atoms with van der Waals surface area (Å²) in [6, 6.07) is 14.9. The normalized spacial score (nSPS) is 14.5. The van der Waals surface area contributed by atoms with Crippen molar-refractivity contribution in [3.63, 3.8) is 0 Å². The monoisotopic (exact) mass is 326 g/mol. The van der Waals surface area contributed by atoms with Crippen LogP contribution in [-0.2, 0) is 11.2 Å². The molecule has 2 aromatic carbocycles. The third kappa shape index (κ3) is 3.45. The highest BCUT2D eigenvalue weighted by Crippen LogP contribution is 2.27. The Morgan fingerprint density at radius 3 is 2.42 bits per heavy atom. The number of amides is 1. The average Bonchev–Trinajstić information content (AvgIpc) is 2.63. The largest absolute Gasteiger partial charge is 0.506 e. The van der Waals surface area contributed by atoms with E-state index in [4.69, 9.17) is 4.74 Å². The molecule has 5 heteroatoms. The Balaban J connectivity index is 1.60. The van der Waals surface area contributed by atoms with Gasteiger partial charge in [-0.15, -0.1) is 0 Å². The van der Waals surface area contributed by atoms with Crippen molar-refractivity contribution >= 4 is 11.6 Å². The summed E-state index contributed by atoms with van der Waals surface area (Å²) >= 11 is 0. The second-order valence-electron chi connectivity index (χ2n) is 5.85. The predicted molar refractivity (Wildman–Crippen MR) is 93.6 cm³/mol. The van der Waals surface area contributed by atoms with Crippen LogP contribution in [0.4, 0.5) is 5.69 Å². The summed E-state index contributed by atoms with van der Waals surface area (Å²) in [7, 11) is 1.62. The van der Waals surface area contributed by atoms with Gasteiger partial charge in [-0.3, -0.25) is 4.79 Å². The van der Waals surface area contributed by atoms with E-state index in [1.165, 1.54) is 0 Å². The third-order valence-electron chi connectivity index (χ3n) is 4.39. The van der Waals surface area contributed by atoms with Crippen LogP contribution in [0.25, 0.3) is 0 Å². The highest BCUT2D eigenvalue weighted by Gasteiger charge is 2.23. The number of para-hydroxylation sites is 3. The van der Waals surface area contributed by atoms with Crippen molar-refractivity contribution in [1.82, 2.24) is 4.90 Å². The fourth-order valence-electron chi connectivity index (χ4n) is 3.05. The summed E-state index contributed by atoms with van der Waals surface area (Å²) < 4.78 is 5.31. The molecule has 2 aromatic rings. The lowest BCUT2D eigenvalue weighted by Gasteiger charge is -2.36. The van der Waals surface area contributed by atoms with Gasteiger partial charge in [0.15, 0.2) is 0 Å². The molecule has 0 aliphatic carbocycles. The van der Waals surface area contributed by atoms with Crippen molar-refractivity contribution < 1.29 is 14.6 Å². The summed E-state index contributed by atoms with van der Waals surface area (Å²) in [6.07, 6.45) is 0.348. The van der Waals surface area contributed by atoms with Gasteiger partial charge in [-0.2, -0.15) is 0 Å². The number of piperazine rings is 1. The van der Waals surface area contributed by atoms with E-state index in [-0.39, 0.29) is 11.7 Å². The van der Waals surface area contributed by atoms with Gasteiger partial charge in [-0.25, -0.2) is 0 Å². The fraction of sp³-hybridized carbons (Fsp3) is 0.316. The van der Waals surface area contributed by atoms with Crippen LogP contribution < -0.4 is 9.64 Å². The number of anilines is 1. The number of phenolic OH excluding ortho intramolecular Hbond substituents is 1. The van der Waals surface area contributed by atoms with Crippen LogP contribution in [0.1, 0.15) is 5.56 Å². The van der Waals surface area contributed by atoms with E-state index in [9.17, 15) is 9.90 Å². The summed E-state index contributed by atoms with van der Waals surface area (Å²) in [6.45, 7) is 2.75. The van der Waals surface area contributed by atoms with Crippen LogP contribution >= 0.6 is 0 Å². The van der Waals surface area contributed by atoms with Crippen molar-refractivity contribution in [2.45, 2.75) is 6.42 Å². The van der Waals surface area contributed by atoms with E-state index in [2.05, 4.69) is 4.90 Å². The zero-order chi connectivity index (χ0) is 16.9. The zero-order valence-corrected chi connectivity index (χ0v) is 13.8. The van der Waals surface area contributed by atoms with Crippen LogP contribution in [0.15, 0.2) is 48.5 Å². The Labute approximate surface area is 142 Å². The van der Waals surface area contributed by atoms with Gasteiger partial charge in [0.1, 0.15) is 11.5 Å². The van der Waals surface area contributed by atoms with Crippen LogP contribution in [0.5, 0.6) is 11.5 Å². The molecule has 0 spiro atoms. The molecule has 5 nitrogen and oxygen atoms in total. The average molecular weight is 326 g/mol. The van der Waals surface area contributed by atoms with Crippen molar-refractivity contribution in [2.24, 2.45) is 0 Å². The first-order valence-electron chi connectivity index (χ1n) is 8.11. The molecule has 1 amide bonds. The first-order chi connectivity index (χ1) is 11.7. The molecule has 0 radical (unpaired) electrons. The topological polar surface area (TPSA) is 53.0 Å². The minimum Gasteiger partial charge on any atom is -0.506 e. The molecule has 0 unspecified atom stereocenters. The summed E-state index contributed by atoms with van der Waals surface area (Å²) in [4.78, 5) is 16.5. The second kappa shape index (κ2) is 7.25. The lowest BCUT2D eigenvalue weighted by atomic mass is 10.1. The van der Waals surface area contributed by atoms with E-state index in [1.807, 2.05) is 47.4 Å². The molecule has 1 saturated heterocycles. The minimum absolute atomic E-state index is 0.108. The van der Waals surface area contributed by atoms with Crippen LogP contribution in [0.2, 0.25) is 0 Å². The van der Waals surface area contributed by atoms with E-state index in [1.54, 1.807) is 13.2 Å². The van der Waals surface area contributed by atoms with Crippen molar-refractivity contribution in [3.05, 3.63) is 54.1 Å². The van der Waals surface area contributed by atoms with Crippen molar-refractivity contribution in [1.29, 1.82) is 0 Å². The predicted octanol–water partition coefficient (Wildman–Crippen LogP) is 2.29. The highest BCUT2D eigenvalue weighted by atomic mass is 16.5. The molecule has 0 aromatic heterocycles. The highest BCUT2D eigenvalue weighted by molar-refractivity contribution is 5.80. The van der Waals surface area contributed by atoms with Gasteiger partial charge in [-0.1, -0.05) is 30.3 Å². The number of benzene rings is 2. The molecule has 0 saturated carbocycles. The molecular weight excluding hydrogens is 304 g/mol. The maximum absolute atomic E-state index is 12.5. The molecule has 1 N–H and O–H groups in total. The molecule has 1 fully saturated rings. The minimum atomic E-state index is 0.108. The van der Waals surface area contributed by atoms with E-state index >= 15 is 0 Å². The zero-order valence-electron chi connectivity index (χ0n) is 13.8. The second-order valence-corrected chi connectivity index (χ2v) is 5.85. The SMILES string of the molecule is COc1ccccc1CC(=O)N1CCN(c2ccccc2O)CC1. The van der Waals surface area contributed by atoms with Gasteiger partial charge < -0.3 is 19.6 Å². The number of ether oxygens (including phenoxy) is 1. The Kier molecular flexibility index (Phi) is 4.89. The van der Waals surface area contributed by atoms with Gasteiger partial charge in [0.05, 0.1) is 19.2 Å². The lowest BCUT2D eigenvalue weighted by molar-refractivity contribution is -0.130. The van der Waals surface area contributed by atoms with Gasteiger partial charge in [0.2, 0.25) is 5.91 Å². The van der Waals surface area contributed by atoms with E-state index in [0.717, 1.165) is 30.1 Å². The van der Waals surface area contributed by atoms with Crippen LogP contribution in [0.3, 0.4) is 0 Å². The number of carbonyl (C=O) groups is 1. The Morgan fingerprint density at radius 2 is 1.71 bits per heavy atom. The van der Waals surface area contributed by atoms with Crippen molar-refractivity contribution in [2.75, 3.05) is 38.2 Å².